The van der Waals surface area contributed by atoms with Crippen molar-refractivity contribution in [1.82, 2.24) is 4.90 Å². The van der Waals surface area contributed by atoms with Gasteiger partial charge in [0.1, 0.15) is 5.75 Å². The summed E-state index contributed by atoms with van der Waals surface area (Å²) in [7, 11) is 0. The Morgan fingerprint density at radius 1 is 0.971 bits per heavy atom. The molecule has 0 atom stereocenters. The minimum atomic E-state index is -0.319. The van der Waals surface area contributed by atoms with E-state index in [-0.39, 0.29) is 30.2 Å². The number of amides is 3. The van der Waals surface area contributed by atoms with E-state index >= 15 is 0 Å². The molecule has 0 bridgehead atoms. The first-order chi connectivity index (χ1) is 16.8. The van der Waals surface area contributed by atoms with E-state index < -0.39 is 0 Å². The second kappa shape index (κ2) is 10.6. The highest BCUT2D eigenvalue weighted by atomic mass is 32.2. The molecule has 178 valence electrons. The fourth-order valence-electron chi connectivity index (χ4n) is 3.64. The van der Waals surface area contributed by atoms with Crippen molar-refractivity contribution in [3.05, 3.63) is 99.5 Å². The highest BCUT2D eigenvalue weighted by Crippen LogP contribution is 2.33. The fraction of sp³-hybridized carbons (Fsp3) is 0.179. The van der Waals surface area contributed by atoms with Gasteiger partial charge in [0, 0.05) is 5.69 Å². The van der Waals surface area contributed by atoms with Crippen molar-refractivity contribution < 1.29 is 19.1 Å². The minimum Gasteiger partial charge on any atom is -0.484 e. The molecule has 6 nitrogen and oxygen atoms in total. The maximum absolute atomic E-state index is 12.9. The molecule has 4 rings (SSSR count). The molecule has 1 fully saturated rings. The Morgan fingerprint density at radius 2 is 1.77 bits per heavy atom. The number of nitrogens with one attached hydrogen (secondary N) is 1. The Balaban J connectivity index is 1.38. The Labute approximate surface area is 209 Å². The summed E-state index contributed by atoms with van der Waals surface area (Å²) in [6.07, 6.45) is 1.67. The van der Waals surface area contributed by atoms with Crippen LogP contribution >= 0.6 is 11.8 Å². The summed E-state index contributed by atoms with van der Waals surface area (Å²) in [5.41, 5.74) is 5.66. The third-order valence-electron chi connectivity index (χ3n) is 5.61. The minimum absolute atomic E-state index is 0.149. The maximum Gasteiger partial charge on any atom is 0.293 e. The number of imide groups is 1. The van der Waals surface area contributed by atoms with E-state index in [1.165, 1.54) is 4.90 Å². The van der Waals surface area contributed by atoms with Gasteiger partial charge in [-0.1, -0.05) is 48.0 Å². The molecule has 1 heterocycles. The largest absolute Gasteiger partial charge is 0.484 e. The predicted molar refractivity (Wildman–Crippen MR) is 139 cm³/mol. The van der Waals surface area contributed by atoms with Gasteiger partial charge in [0.2, 0.25) is 0 Å². The van der Waals surface area contributed by atoms with E-state index in [2.05, 4.69) is 5.32 Å². The van der Waals surface area contributed by atoms with Crippen LogP contribution in [0.15, 0.2) is 71.6 Å². The number of hydrogen-bond donors (Lipinski definition) is 1. The van der Waals surface area contributed by atoms with Crippen LogP contribution in [-0.2, 0) is 16.1 Å². The SMILES string of the molecule is Cc1cccc(CN2C(=O)S/C(=C\c3cccc(OCC(=O)Nc4ccc(C)c(C)c4)c3)C2=O)c1. The molecule has 0 saturated carbocycles. The van der Waals surface area contributed by atoms with E-state index in [1.807, 2.05) is 69.3 Å². The first-order valence-electron chi connectivity index (χ1n) is 11.2. The lowest BCUT2D eigenvalue weighted by Gasteiger charge is -2.12. The summed E-state index contributed by atoms with van der Waals surface area (Å²) in [5, 5.41) is 2.53. The van der Waals surface area contributed by atoms with Gasteiger partial charge in [0.05, 0.1) is 11.4 Å². The normalized spacial score (nSPS) is 14.5. The van der Waals surface area contributed by atoms with Gasteiger partial charge in [-0.15, -0.1) is 0 Å². The molecular weight excluding hydrogens is 460 g/mol. The highest BCUT2D eigenvalue weighted by molar-refractivity contribution is 8.18. The van der Waals surface area contributed by atoms with Crippen LogP contribution in [0, 0.1) is 20.8 Å². The van der Waals surface area contributed by atoms with Crippen LogP contribution in [0.1, 0.15) is 27.8 Å². The number of carbonyl (C=O) groups excluding carboxylic acids is 3. The van der Waals surface area contributed by atoms with Gasteiger partial charge in [-0.25, -0.2) is 0 Å². The van der Waals surface area contributed by atoms with Gasteiger partial charge < -0.3 is 10.1 Å². The van der Waals surface area contributed by atoms with E-state index in [0.717, 1.165) is 39.7 Å². The lowest BCUT2D eigenvalue weighted by atomic mass is 10.1. The van der Waals surface area contributed by atoms with Crippen LogP contribution in [0.5, 0.6) is 5.75 Å². The second-order valence-corrected chi connectivity index (χ2v) is 9.46. The number of anilines is 1. The van der Waals surface area contributed by atoms with Gasteiger partial charge in [0.15, 0.2) is 6.61 Å². The average Bonchev–Trinajstić information content (AvgIpc) is 3.08. The predicted octanol–water partition coefficient (Wildman–Crippen LogP) is 5.87. The lowest BCUT2D eigenvalue weighted by molar-refractivity contribution is -0.123. The summed E-state index contributed by atoms with van der Waals surface area (Å²) >= 11 is 0.921. The molecule has 3 aromatic rings. The van der Waals surface area contributed by atoms with Crippen LogP contribution in [0.4, 0.5) is 10.5 Å². The first-order valence-corrected chi connectivity index (χ1v) is 12.0. The number of hydrogen-bond acceptors (Lipinski definition) is 5. The monoisotopic (exact) mass is 486 g/mol. The van der Waals surface area contributed by atoms with Crippen molar-refractivity contribution in [2.75, 3.05) is 11.9 Å². The Bertz CT molecular complexity index is 1330. The van der Waals surface area contributed by atoms with Crippen molar-refractivity contribution in [2.45, 2.75) is 27.3 Å². The van der Waals surface area contributed by atoms with Gasteiger partial charge in [0.25, 0.3) is 17.1 Å². The average molecular weight is 487 g/mol. The van der Waals surface area contributed by atoms with Crippen LogP contribution < -0.4 is 10.1 Å². The van der Waals surface area contributed by atoms with Crippen LogP contribution in [0.2, 0.25) is 0 Å². The molecule has 1 aliphatic heterocycles. The van der Waals surface area contributed by atoms with Crippen molar-refractivity contribution in [1.29, 1.82) is 0 Å². The Hall–Kier alpha value is -3.84. The van der Waals surface area contributed by atoms with Gasteiger partial charge in [-0.2, -0.15) is 0 Å². The number of benzene rings is 3. The molecule has 0 aliphatic carbocycles. The van der Waals surface area contributed by atoms with E-state index in [9.17, 15) is 14.4 Å². The lowest BCUT2D eigenvalue weighted by Crippen LogP contribution is -2.27. The second-order valence-electron chi connectivity index (χ2n) is 8.47. The van der Waals surface area contributed by atoms with Crippen LogP contribution in [-0.4, -0.2) is 28.6 Å². The number of thioether (sulfide) groups is 1. The molecule has 3 aromatic carbocycles. The molecule has 0 unspecified atom stereocenters. The fourth-order valence-corrected chi connectivity index (χ4v) is 4.48. The summed E-state index contributed by atoms with van der Waals surface area (Å²) < 4.78 is 5.65. The third kappa shape index (κ3) is 6.19. The maximum atomic E-state index is 12.9. The molecule has 0 radical (unpaired) electrons. The number of ether oxygens (including phenoxy) is 1. The molecule has 0 aromatic heterocycles. The van der Waals surface area contributed by atoms with Crippen molar-refractivity contribution in [3.8, 4) is 5.75 Å². The smallest absolute Gasteiger partial charge is 0.293 e. The van der Waals surface area contributed by atoms with E-state index in [0.29, 0.717) is 16.2 Å². The van der Waals surface area contributed by atoms with Crippen LogP contribution in [0.3, 0.4) is 0 Å². The van der Waals surface area contributed by atoms with E-state index in [4.69, 9.17) is 4.74 Å². The summed E-state index contributed by atoms with van der Waals surface area (Å²) in [6, 6.07) is 20.5. The molecule has 3 amide bonds. The number of rotatable bonds is 7. The summed E-state index contributed by atoms with van der Waals surface area (Å²) in [6.45, 7) is 6.07. The highest BCUT2D eigenvalue weighted by Gasteiger charge is 2.35. The Morgan fingerprint density at radius 3 is 2.54 bits per heavy atom. The third-order valence-corrected chi connectivity index (χ3v) is 6.52. The number of carbonyl (C=O) groups is 3. The zero-order valence-electron chi connectivity index (χ0n) is 19.8. The zero-order valence-corrected chi connectivity index (χ0v) is 20.6. The molecule has 1 saturated heterocycles. The molecule has 35 heavy (non-hydrogen) atoms. The van der Waals surface area contributed by atoms with Gasteiger partial charge in [-0.3, -0.25) is 19.3 Å². The van der Waals surface area contributed by atoms with Crippen molar-refractivity contribution in [3.63, 3.8) is 0 Å². The molecular formula is C28H26N2O4S. The molecule has 1 N–H and O–H groups in total. The summed E-state index contributed by atoms with van der Waals surface area (Å²) in [5.74, 6) is -0.0931. The standard InChI is InChI=1S/C28H26N2O4S/c1-18-6-4-8-22(12-18)16-30-27(32)25(35-28(30)33)15-21-7-5-9-24(14-21)34-17-26(31)29-23-11-10-19(2)20(3)13-23/h4-15H,16-17H2,1-3H3,(H,29,31)/b25-15-. The molecule has 1 aliphatic rings. The number of aryl methyl sites for hydroxylation is 3. The Kier molecular flexibility index (Phi) is 7.36. The first kappa shape index (κ1) is 24.3. The molecule has 7 heteroatoms. The van der Waals surface area contributed by atoms with Gasteiger partial charge >= 0.3 is 0 Å². The number of nitrogens with zero attached hydrogens (tertiary/aromatic N) is 1. The molecule has 0 spiro atoms. The van der Waals surface area contributed by atoms with Crippen molar-refractivity contribution in [2.24, 2.45) is 0 Å². The van der Waals surface area contributed by atoms with E-state index in [1.54, 1.807) is 24.3 Å². The van der Waals surface area contributed by atoms with Crippen molar-refractivity contribution >= 4 is 40.6 Å². The van der Waals surface area contributed by atoms with Gasteiger partial charge in [-0.05, 0) is 85.1 Å². The van der Waals surface area contributed by atoms with Crippen LogP contribution in [0.25, 0.3) is 6.08 Å². The quantitative estimate of drug-likeness (QED) is 0.423. The topological polar surface area (TPSA) is 75.7 Å². The zero-order chi connectivity index (χ0) is 24.9. The summed E-state index contributed by atoms with van der Waals surface area (Å²) in [4.78, 5) is 39.2.